The number of rotatable bonds is 6. The van der Waals surface area contributed by atoms with E-state index in [0.29, 0.717) is 6.54 Å². The minimum Gasteiger partial charge on any atom is -0.313 e. The van der Waals surface area contributed by atoms with E-state index >= 15 is 0 Å². The summed E-state index contributed by atoms with van der Waals surface area (Å²) in [5.41, 5.74) is 0.245. The summed E-state index contributed by atoms with van der Waals surface area (Å²) in [7, 11) is -3.43. The van der Waals surface area contributed by atoms with Crippen molar-refractivity contribution in [2.75, 3.05) is 17.0 Å². The van der Waals surface area contributed by atoms with Gasteiger partial charge in [0.25, 0.3) is 0 Å². The van der Waals surface area contributed by atoms with Gasteiger partial charge in [-0.1, -0.05) is 19.9 Å². The lowest BCUT2D eigenvalue weighted by Crippen LogP contribution is -2.30. The Balaban J connectivity index is 2.55. The van der Waals surface area contributed by atoms with Crippen LogP contribution in [-0.2, 0) is 10.0 Å². The molecule has 1 aromatic rings. The maximum Gasteiger partial charge on any atom is 0.233 e. The number of benzene rings is 1. The van der Waals surface area contributed by atoms with Crippen molar-refractivity contribution < 1.29 is 12.8 Å². The Kier molecular flexibility index (Phi) is 4.89. The van der Waals surface area contributed by atoms with E-state index in [-0.39, 0.29) is 17.5 Å². The zero-order valence-electron chi connectivity index (χ0n) is 9.90. The Hall–Kier alpha value is -1.14. The van der Waals surface area contributed by atoms with Gasteiger partial charge >= 0.3 is 0 Å². The van der Waals surface area contributed by atoms with Crippen LogP contribution in [0.25, 0.3) is 0 Å². The van der Waals surface area contributed by atoms with Gasteiger partial charge in [-0.25, -0.2) is 12.8 Å². The number of hydrogen-bond acceptors (Lipinski definition) is 3. The molecular formula is C11H17FN2O2S. The van der Waals surface area contributed by atoms with Crippen LogP contribution in [0.2, 0.25) is 0 Å². The molecule has 1 rings (SSSR count). The van der Waals surface area contributed by atoms with Gasteiger partial charge in [-0.2, -0.15) is 0 Å². The van der Waals surface area contributed by atoms with E-state index in [2.05, 4.69) is 10.0 Å². The summed E-state index contributed by atoms with van der Waals surface area (Å²) in [6, 6.07) is 5.61. The summed E-state index contributed by atoms with van der Waals surface area (Å²) in [4.78, 5) is 0. The Bertz CT molecular complexity index is 460. The SMILES string of the molecule is CC(C)NCCS(=O)(=O)Nc1cccc(F)c1. The van der Waals surface area contributed by atoms with Crippen LogP contribution in [0.4, 0.5) is 10.1 Å². The van der Waals surface area contributed by atoms with E-state index in [0.717, 1.165) is 6.07 Å². The Morgan fingerprint density at radius 1 is 1.35 bits per heavy atom. The molecule has 0 aliphatic carbocycles. The van der Waals surface area contributed by atoms with Gasteiger partial charge in [-0.3, -0.25) is 4.72 Å². The molecular weight excluding hydrogens is 243 g/mol. The maximum atomic E-state index is 12.9. The molecule has 0 amide bonds. The zero-order chi connectivity index (χ0) is 12.9. The summed E-state index contributed by atoms with van der Waals surface area (Å²) >= 11 is 0. The highest BCUT2D eigenvalue weighted by atomic mass is 32.2. The van der Waals surface area contributed by atoms with Crippen molar-refractivity contribution in [3.05, 3.63) is 30.1 Å². The first-order valence-electron chi connectivity index (χ1n) is 5.38. The van der Waals surface area contributed by atoms with Crippen LogP contribution >= 0.6 is 0 Å². The van der Waals surface area contributed by atoms with E-state index in [1.165, 1.54) is 18.2 Å². The Morgan fingerprint density at radius 2 is 2.06 bits per heavy atom. The summed E-state index contributed by atoms with van der Waals surface area (Å²) in [5.74, 6) is -0.507. The van der Waals surface area contributed by atoms with Gasteiger partial charge in [0.1, 0.15) is 5.82 Å². The fourth-order valence-electron chi connectivity index (χ4n) is 1.26. The van der Waals surface area contributed by atoms with Crippen LogP contribution in [0.5, 0.6) is 0 Å². The topological polar surface area (TPSA) is 58.2 Å². The molecule has 0 bridgehead atoms. The predicted molar refractivity (Wildman–Crippen MR) is 66.9 cm³/mol. The normalized spacial score (nSPS) is 11.8. The van der Waals surface area contributed by atoms with E-state index in [1.807, 2.05) is 13.8 Å². The van der Waals surface area contributed by atoms with E-state index in [4.69, 9.17) is 0 Å². The Morgan fingerprint density at radius 3 is 2.65 bits per heavy atom. The average Bonchev–Trinajstić information content (AvgIpc) is 2.15. The molecule has 0 atom stereocenters. The second-order valence-electron chi connectivity index (χ2n) is 4.04. The molecule has 0 unspecified atom stereocenters. The lowest BCUT2D eigenvalue weighted by Gasteiger charge is -2.10. The van der Waals surface area contributed by atoms with E-state index in [9.17, 15) is 12.8 Å². The fraction of sp³-hybridized carbons (Fsp3) is 0.455. The van der Waals surface area contributed by atoms with Gasteiger partial charge < -0.3 is 5.32 Å². The highest BCUT2D eigenvalue weighted by molar-refractivity contribution is 7.92. The van der Waals surface area contributed by atoms with Crippen molar-refractivity contribution in [3.63, 3.8) is 0 Å². The van der Waals surface area contributed by atoms with Crippen LogP contribution in [0.1, 0.15) is 13.8 Å². The molecule has 0 saturated carbocycles. The monoisotopic (exact) mass is 260 g/mol. The van der Waals surface area contributed by atoms with Gasteiger partial charge in [0.15, 0.2) is 0 Å². The van der Waals surface area contributed by atoms with Gasteiger partial charge in [0.05, 0.1) is 11.4 Å². The van der Waals surface area contributed by atoms with Crippen molar-refractivity contribution in [2.45, 2.75) is 19.9 Å². The lowest BCUT2D eigenvalue weighted by atomic mass is 10.3. The number of sulfonamides is 1. The fourth-order valence-corrected chi connectivity index (χ4v) is 2.24. The lowest BCUT2D eigenvalue weighted by molar-refractivity contribution is 0.582. The smallest absolute Gasteiger partial charge is 0.233 e. The third-order valence-electron chi connectivity index (χ3n) is 2.02. The van der Waals surface area contributed by atoms with Crippen LogP contribution in [0, 0.1) is 5.82 Å². The molecule has 0 fully saturated rings. The highest BCUT2D eigenvalue weighted by Crippen LogP contribution is 2.10. The largest absolute Gasteiger partial charge is 0.313 e. The minimum absolute atomic E-state index is 0.0400. The third kappa shape index (κ3) is 5.65. The zero-order valence-corrected chi connectivity index (χ0v) is 10.7. The number of nitrogens with one attached hydrogen (secondary N) is 2. The van der Waals surface area contributed by atoms with Gasteiger partial charge in [0.2, 0.25) is 10.0 Å². The molecule has 17 heavy (non-hydrogen) atoms. The standard InChI is InChI=1S/C11H17FN2O2S/c1-9(2)13-6-7-17(15,16)14-11-5-3-4-10(12)8-11/h3-5,8-9,13-14H,6-7H2,1-2H3. The van der Waals surface area contributed by atoms with Crippen LogP contribution < -0.4 is 10.0 Å². The molecule has 1 aromatic carbocycles. The minimum atomic E-state index is -3.43. The van der Waals surface area contributed by atoms with Crippen molar-refractivity contribution in [1.82, 2.24) is 5.32 Å². The molecule has 0 radical (unpaired) electrons. The molecule has 2 N–H and O–H groups in total. The predicted octanol–water partition coefficient (Wildman–Crippen LogP) is 1.57. The summed E-state index contributed by atoms with van der Waals surface area (Å²) < 4.78 is 38.4. The van der Waals surface area contributed by atoms with Crippen LogP contribution in [-0.4, -0.2) is 26.8 Å². The summed E-state index contributed by atoms with van der Waals surface area (Å²) in [6.45, 7) is 4.24. The second kappa shape index (κ2) is 5.97. The average molecular weight is 260 g/mol. The van der Waals surface area contributed by atoms with Gasteiger partial charge in [-0.15, -0.1) is 0 Å². The first-order chi connectivity index (χ1) is 7.89. The molecule has 6 heteroatoms. The first-order valence-corrected chi connectivity index (χ1v) is 7.04. The molecule has 96 valence electrons. The molecule has 0 aliphatic heterocycles. The van der Waals surface area contributed by atoms with Crippen LogP contribution in [0.15, 0.2) is 24.3 Å². The van der Waals surface area contributed by atoms with Crippen molar-refractivity contribution >= 4 is 15.7 Å². The molecule has 0 spiro atoms. The quantitative estimate of drug-likeness (QED) is 0.816. The Labute approximate surface area is 101 Å². The van der Waals surface area contributed by atoms with E-state index in [1.54, 1.807) is 0 Å². The van der Waals surface area contributed by atoms with Crippen molar-refractivity contribution in [2.24, 2.45) is 0 Å². The van der Waals surface area contributed by atoms with E-state index < -0.39 is 15.8 Å². The third-order valence-corrected chi connectivity index (χ3v) is 3.31. The van der Waals surface area contributed by atoms with Crippen molar-refractivity contribution in [1.29, 1.82) is 0 Å². The first kappa shape index (κ1) is 13.9. The molecule has 0 saturated heterocycles. The van der Waals surface area contributed by atoms with Gasteiger partial charge in [-0.05, 0) is 18.2 Å². The van der Waals surface area contributed by atoms with Crippen LogP contribution in [0.3, 0.4) is 0 Å². The summed E-state index contributed by atoms with van der Waals surface area (Å²) in [6.07, 6.45) is 0. The molecule has 0 aliphatic rings. The van der Waals surface area contributed by atoms with Crippen molar-refractivity contribution in [3.8, 4) is 0 Å². The van der Waals surface area contributed by atoms with Gasteiger partial charge in [0, 0.05) is 12.6 Å². The summed E-state index contributed by atoms with van der Waals surface area (Å²) in [5, 5.41) is 3.01. The second-order valence-corrected chi connectivity index (χ2v) is 5.88. The highest BCUT2D eigenvalue weighted by Gasteiger charge is 2.10. The molecule has 0 aromatic heterocycles. The molecule has 4 nitrogen and oxygen atoms in total. The molecule has 0 heterocycles. The number of anilines is 1. The number of hydrogen-bond donors (Lipinski definition) is 2. The maximum absolute atomic E-state index is 12.9. The number of halogens is 1.